The van der Waals surface area contributed by atoms with Crippen LogP contribution in [0, 0.1) is 0 Å². The third-order valence-electron chi connectivity index (χ3n) is 3.25. The van der Waals surface area contributed by atoms with Crippen LogP contribution in [0.25, 0.3) is 10.9 Å². The van der Waals surface area contributed by atoms with E-state index in [-0.39, 0.29) is 6.10 Å². The number of hydrogen-bond acceptors (Lipinski definition) is 3. The molecule has 1 N–H and O–H groups in total. The topological polar surface area (TPSA) is 34.1 Å². The molecule has 0 aliphatic rings. The van der Waals surface area contributed by atoms with Gasteiger partial charge in [-0.3, -0.25) is 4.98 Å². The number of pyridine rings is 1. The van der Waals surface area contributed by atoms with Crippen molar-refractivity contribution in [3.63, 3.8) is 0 Å². The van der Waals surface area contributed by atoms with Gasteiger partial charge >= 0.3 is 0 Å². The van der Waals surface area contributed by atoms with Crippen molar-refractivity contribution in [1.82, 2.24) is 10.3 Å². The predicted octanol–water partition coefficient (Wildman–Crippen LogP) is 3.78. The molecule has 1 aromatic heterocycles. The zero-order valence-corrected chi connectivity index (χ0v) is 12.6. The van der Waals surface area contributed by atoms with E-state index >= 15 is 0 Å². The molecule has 3 nitrogen and oxygen atoms in total. The van der Waals surface area contributed by atoms with E-state index in [1.807, 2.05) is 24.4 Å². The Bertz CT molecular complexity index is 539. The SMILES string of the molecule is CC(C)NCCCC(C)Oc1ccc2cccnc2c1. The van der Waals surface area contributed by atoms with Crippen LogP contribution in [0.3, 0.4) is 0 Å². The van der Waals surface area contributed by atoms with Gasteiger partial charge in [0.2, 0.25) is 0 Å². The first-order valence-corrected chi connectivity index (χ1v) is 7.40. The molecule has 1 atom stereocenters. The molecule has 1 heterocycles. The molecule has 0 radical (unpaired) electrons. The van der Waals surface area contributed by atoms with Crippen LogP contribution in [0.4, 0.5) is 0 Å². The van der Waals surface area contributed by atoms with E-state index < -0.39 is 0 Å². The Hall–Kier alpha value is -1.61. The molecule has 1 aromatic carbocycles. The fourth-order valence-corrected chi connectivity index (χ4v) is 2.19. The van der Waals surface area contributed by atoms with Crippen molar-refractivity contribution in [2.24, 2.45) is 0 Å². The second-order valence-electron chi connectivity index (χ2n) is 5.54. The van der Waals surface area contributed by atoms with Crippen LogP contribution in [0.1, 0.15) is 33.6 Å². The quantitative estimate of drug-likeness (QED) is 0.779. The lowest BCUT2D eigenvalue weighted by molar-refractivity contribution is 0.207. The van der Waals surface area contributed by atoms with E-state index in [4.69, 9.17) is 4.74 Å². The molecule has 0 saturated carbocycles. The molecular formula is C17H24N2O. The van der Waals surface area contributed by atoms with Crippen molar-refractivity contribution in [1.29, 1.82) is 0 Å². The lowest BCUT2D eigenvalue weighted by Gasteiger charge is -2.15. The number of fused-ring (bicyclic) bond motifs is 1. The van der Waals surface area contributed by atoms with Crippen LogP contribution in [-0.2, 0) is 0 Å². The first-order chi connectivity index (χ1) is 9.65. The van der Waals surface area contributed by atoms with Gasteiger partial charge in [-0.05, 0) is 44.5 Å². The van der Waals surface area contributed by atoms with Crippen molar-refractivity contribution in [2.45, 2.75) is 45.8 Å². The van der Waals surface area contributed by atoms with E-state index in [9.17, 15) is 0 Å². The molecule has 2 rings (SSSR count). The maximum atomic E-state index is 5.96. The van der Waals surface area contributed by atoms with Gasteiger partial charge < -0.3 is 10.1 Å². The summed E-state index contributed by atoms with van der Waals surface area (Å²) in [6.45, 7) is 7.51. The van der Waals surface area contributed by atoms with Gasteiger partial charge in [-0.1, -0.05) is 19.9 Å². The number of nitrogens with one attached hydrogen (secondary N) is 1. The third-order valence-corrected chi connectivity index (χ3v) is 3.25. The summed E-state index contributed by atoms with van der Waals surface area (Å²) in [6.07, 6.45) is 4.23. The van der Waals surface area contributed by atoms with E-state index in [0.717, 1.165) is 36.0 Å². The van der Waals surface area contributed by atoms with Crippen LogP contribution < -0.4 is 10.1 Å². The molecule has 0 bridgehead atoms. The number of ether oxygens (including phenoxy) is 1. The molecule has 1 unspecified atom stereocenters. The van der Waals surface area contributed by atoms with E-state index in [0.29, 0.717) is 6.04 Å². The van der Waals surface area contributed by atoms with Gasteiger partial charge in [-0.2, -0.15) is 0 Å². The van der Waals surface area contributed by atoms with Gasteiger partial charge in [-0.15, -0.1) is 0 Å². The molecule has 0 spiro atoms. The van der Waals surface area contributed by atoms with Crippen LogP contribution in [-0.4, -0.2) is 23.7 Å². The Labute approximate surface area is 121 Å². The molecule has 0 fully saturated rings. The van der Waals surface area contributed by atoms with Crippen LogP contribution in [0.5, 0.6) is 5.75 Å². The zero-order chi connectivity index (χ0) is 14.4. The summed E-state index contributed by atoms with van der Waals surface area (Å²) in [4.78, 5) is 4.35. The maximum absolute atomic E-state index is 5.96. The van der Waals surface area contributed by atoms with Gasteiger partial charge in [0.05, 0.1) is 11.6 Å². The third kappa shape index (κ3) is 4.49. The minimum absolute atomic E-state index is 0.227. The van der Waals surface area contributed by atoms with Crippen molar-refractivity contribution < 1.29 is 4.74 Å². The largest absolute Gasteiger partial charge is 0.491 e. The first kappa shape index (κ1) is 14.8. The number of aromatic nitrogens is 1. The van der Waals surface area contributed by atoms with Crippen LogP contribution in [0.15, 0.2) is 36.5 Å². The molecule has 0 amide bonds. The minimum Gasteiger partial charge on any atom is -0.491 e. The molecule has 2 aromatic rings. The molecule has 0 aliphatic carbocycles. The fourth-order valence-electron chi connectivity index (χ4n) is 2.19. The zero-order valence-electron chi connectivity index (χ0n) is 12.6. The molecule has 3 heteroatoms. The highest BCUT2D eigenvalue weighted by atomic mass is 16.5. The monoisotopic (exact) mass is 272 g/mol. The normalized spacial score (nSPS) is 12.8. The lowest BCUT2D eigenvalue weighted by atomic mass is 10.2. The smallest absolute Gasteiger partial charge is 0.121 e. The van der Waals surface area contributed by atoms with E-state index in [1.165, 1.54) is 0 Å². The number of nitrogens with zero attached hydrogens (tertiary/aromatic N) is 1. The Morgan fingerprint density at radius 1 is 1.20 bits per heavy atom. The summed E-state index contributed by atoms with van der Waals surface area (Å²) in [5.74, 6) is 0.903. The highest BCUT2D eigenvalue weighted by Crippen LogP contribution is 2.20. The van der Waals surface area contributed by atoms with Gasteiger partial charge in [0.15, 0.2) is 0 Å². The fraction of sp³-hybridized carbons (Fsp3) is 0.471. The standard InChI is InChI=1S/C17H24N2O/c1-13(2)18-10-4-6-14(3)20-16-9-8-15-7-5-11-19-17(15)12-16/h5,7-9,11-14,18H,4,6,10H2,1-3H3. The van der Waals surface area contributed by atoms with Gasteiger partial charge in [0, 0.05) is 23.7 Å². The molecule has 0 aliphatic heterocycles. The number of benzene rings is 1. The van der Waals surface area contributed by atoms with E-state index in [1.54, 1.807) is 0 Å². The summed E-state index contributed by atoms with van der Waals surface area (Å²) < 4.78 is 5.96. The summed E-state index contributed by atoms with van der Waals surface area (Å²) in [6, 6.07) is 10.7. The highest BCUT2D eigenvalue weighted by molar-refractivity contribution is 5.79. The predicted molar refractivity (Wildman–Crippen MR) is 84.2 cm³/mol. The number of hydrogen-bond donors (Lipinski definition) is 1. The summed E-state index contributed by atoms with van der Waals surface area (Å²) in [5.41, 5.74) is 0.985. The summed E-state index contributed by atoms with van der Waals surface area (Å²) >= 11 is 0. The van der Waals surface area contributed by atoms with Gasteiger partial charge in [0.1, 0.15) is 5.75 Å². The molecule has 20 heavy (non-hydrogen) atoms. The van der Waals surface area contributed by atoms with Crippen molar-refractivity contribution >= 4 is 10.9 Å². The Morgan fingerprint density at radius 2 is 2.05 bits per heavy atom. The molecule has 108 valence electrons. The highest BCUT2D eigenvalue weighted by Gasteiger charge is 2.05. The average Bonchev–Trinajstić information content (AvgIpc) is 2.43. The van der Waals surface area contributed by atoms with Gasteiger partial charge in [0.25, 0.3) is 0 Å². The average molecular weight is 272 g/mol. The van der Waals surface area contributed by atoms with Crippen molar-refractivity contribution in [3.05, 3.63) is 36.5 Å². The summed E-state index contributed by atoms with van der Waals surface area (Å²) in [5, 5.41) is 4.57. The van der Waals surface area contributed by atoms with Crippen LogP contribution in [0.2, 0.25) is 0 Å². The maximum Gasteiger partial charge on any atom is 0.121 e. The van der Waals surface area contributed by atoms with Gasteiger partial charge in [-0.25, -0.2) is 0 Å². The second-order valence-corrected chi connectivity index (χ2v) is 5.54. The Kier molecular flexibility index (Phi) is 5.36. The van der Waals surface area contributed by atoms with Crippen LogP contribution >= 0.6 is 0 Å². The first-order valence-electron chi connectivity index (χ1n) is 7.40. The molecule has 0 saturated heterocycles. The second kappa shape index (κ2) is 7.25. The summed E-state index contributed by atoms with van der Waals surface area (Å²) in [7, 11) is 0. The Balaban J connectivity index is 1.84. The van der Waals surface area contributed by atoms with E-state index in [2.05, 4.69) is 43.2 Å². The molecular weight excluding hydrogens is 248 g/mol. The lowest BCUT2D eigenvalue weighted by Crippen LogP contribution is -2.25. The minimum atomic E-state index is 0.227. The van der Waals surface area contributed by atoms with Crippen molar-refractivity contribution in [2.75, 3.05) is 6.54 Å². The van der Waals surface area contributed by atoms with Crippen molar-refractivity contribution in [3.8, 4) is 5.75 Å². The Morgan fingerprint density at radius 3 is 2.85 bits per heavy atom. The number of rotatable bonds is 7.